The third-order valence-electron chi connectivity index (χ3n) is 5.16. The number of hydrogen-bond acceptors (Lipinski definition) is 3. The van der Waals surface area contributed by atoms with Gasteiger partial charge in [-0.05, 0) is 30.9 Å². The van der Waals surface area contributed by atoms with E-state index in [4.69, 9.17) is 4.74 Å². The quantitative estimate of drug-likeness (QED) is 0.781. The van der Waals surface area contributed by atoms with E-state index < -0.39 is 12.0 Å². The summed E-state index contributed by atoms with van der Waals surface area (Å²) in [5, 5.41) is 13.2. The fourth-order valence-corrected chi connectivity index (χ4v) is 3.91. The Kier molecular flexibility index (Phi) is 3.76. The van der Waals surface area contributed by atoms with Crippen LogP contribution in [0.5, 0.6) is 0 Å². The Balaban J connectivity index is 1.48. The maximum absolute atomic E-state index is 12.5. The van der Waals surface area contributed by atoms with Gasteiger partial charge in [-0.3, -0.25) is 4.79 Å². The van der Waals surface area contributed by atoms with Gasteiger partial charge in [0.1, 0.15) is 6.04 Å². The molecule has 0 aliphatic carbocycles. The number of aliphatic carboxylic acids is 1. The Labute approximate surface area is 139 Å². The number of para-hydroxylation sites is 1. The van der Waals surface area contributed by atoms with Gasteiger partial charge in [-0.25, -0.2) is 4.79 Å². The van der Waals surface area contributed by atoms with Crippen molar-refractivity contribution in [1.82, 2.24) is 10.3 Å². The summed E-state index contributed by atoms with van der Waals surface area (Å²) in [5.74, 6) is -1.43. The van der Waals surface area contributed by atoms with E-state index in [1.165, 1.54) is 0 Å². The van der Waals surface area contributed by atoms with Crippen molar-refractivity contribution in [2.75, 3.05) is 0 Å². The van der Waals surface area contributed by atoms with Crippen LogP contribution in [-0.4, -0.2) is 40.2 Å². The van der Waals surface area contributed by atoms with Crippen LogP contribution in [0, 0.1) is 5.92 Å². The number of hydrogen-bond donors (Lipinski definition) is 3. The third-order valence-corrected chi connectivity index (χ3v) is 5.16. The maximum Gasteiger partial charge on any atom is 0.326 e. The number of ether oxygens (including phenoxy) is 1. The molecule has 0 radical (unpaired) electrons. The predicted octanol–water partition coefficient (Wildman–Crippen LogP) is 1.85. The minimum absolute atomic E-state index is 0.0440. The number of H-pyrrole nitrogens is 1. The Bertz CT molecular complexity index is 784. The smallest absolute Gasteiger partial charge is 0.326 e. The zero-order valence-corrected chi connectivity index (χ0v) is 13.2. The molecule has 4 atom stereocenters. The second-order valence-electron chi connectivity index (χ2n) is 6.68. The van der Waals surface area contributed by atoms with E-state index in [2.05, 4.69) is 10.3 Å². The van der Waals surface area contributed by atoms with E-state index in [9.17, 15) is 14.7 Å². The predicted molar refractivity (Wildman–Crippen MR) is 87.6 cm³/mol. The van der Waals surface area contributed by atoms with Gasteiger partial charge in [0.2, 0.25) is 5.91 Å². The van der Waals surface area contributed by atoms with E-state index in [1.807, 2.05) is 30.5 Å². The van der Waals surface area contributed by atoms with Gasteiger partial charge < -0.3 is 20.1 Å². The highest BCUT2D eigenvalue weighted by Gasteiger charge is 2.45. The number of carboxylic acids is 1. The summed E-state index contributed by atoms with van der Waals surface area (Å²) in [6, 6.07) is 6.80. The molecule has 1 aromatic carbocycles. The highest BCUT2D eigenvalue weighted by molar-refractivity contribution is 5.87. The molecule has 2 aliphatic rings. The summed E-state index contributed by atoms with van der Waals surface area (Å²) in [4.78, 5) is 27.2. The minimum Gasteiger partial charge on any atom is -0.480 e. The van der Waals surface area contributed by atoms with Gasteiger partial charge in [-0.15, -0.1) is 0 Å². The van der Waals surface area contributed by atoms with Crippen molar-refractivity contribution in [2.24, 2.45) is 5.92 Å². The molecule has 2 fully saturated rings. The molecule has 0 spiro atoms. The summed E-state index contributed by atoms with van der Waals surface area (Å²) in [7, 11) is 0. The van der Waals surface area contributed by atoms with Crippen molar-refractivity contribution in [3.63, 3.8) is 0 Å². The minimum atomic E-state index is -1.02. The van der Waals surface area contributed by atoms with Crippen molar-refractivity contribution in [1.29, 1.82) is 0 Å². The Morgan fingerprint density at radius 3 is 2.88 bits per heavy atom. The van der Waals surface area contributed by atoms with Crippen LogP contribution in [0.25, 0.3) is 10.9 Å². The lowest BCUT2D eigenvalue weighted by molar-refractivity contribution is -0.142. The first-order chi connectivity index (χ1) is 11.6. The lowest BCUT2D eigenvalue weighted by Gasteiger charge is -2.21. The number of carbonyl (C=O) groups is 2. The largest absolute Gasteiger partial charge is 0.480 e. The maximum atomic E-state index is 12.5. The molecule has 1 aromatic heterocycles. The number of fused-ring (bicyclic) bond motifs is 3. The molecular formula is C18H20N2O4. The Morgan fingerprint density at radius 2 is 2.17 bits per heavy atom. The summed E-state index contributed by atoms with van der Waals surface area (Å²) in [5.41, 5.74) is 1.85. The molecule has 0 saturated carbocycles. The molecule has 6 heteroatoms. The van der Waals surface area contributed by atoms with E-state index in [-0.39, 0.29) is 30.5 Å². The molecule has 2 aromatic rings. The van der Waals surface area contributed by atoms with Gasteiger partial charge in [0.15, 0.2) is 0 Å². The van der Waals surface area contributed by atoms with Gasteiger partial charge in [0, 0.05) is 23.5 Å². The van der Waals surface area contributed by atoms with E-state index in [0.29, 0.717) is 6.42 Å². The van der Waals surface area contributed by atoms with E-state index in [1.54, 1.807) is 0 Å². The second kappa shape index (κ2) is 5.94. The average Bonchev–Trinajstić information content (AvgIpc) is 3.29. The Hall–Kier alpha value is -2.34. The summed E-state index contributed by atoms with van der Waals surface area (Å²) < 4.78 is 5.70. The normalized spacial score (nSPS) is 26.6. The Morgan fingerprint density at radius 1 is 1.33 bits per heavy atom. The summed E-state index contributed by atoms with van der Waals surface area (Å²) in [6.45, 7) is 0. The van der Waals surface area contributed by atoms with Crippen molar-refractivity contribution in [3.8, 4) is 0 Å². The molecule has 126 valence electrons. The summed E-state index contributed by atoms with van der Waals surface area (Å²) >= 11 is 0. The van der Waals surface area contributed by atoms with Crippen LogP contribution >= 0.6 is 0 Å². The van der Waals surface area contributed by atoms with Gasteiger partial charge in [-0.1, -0.05) is 18.2 Å². The highest BCUT2D eigenvalue weighted by Crippen LogP contribution is 2.38. The average molecular weight is 328 g/mol. The van der Waals surface area contributed by atoms with Crippen LogP contribution < -0.4 is 5.32 Å². The van der Waals surface area contributed by atoms with Crippen LogP contribution in [0.2, 0.25) is 0 Å². The third kappa shape index (κ3) is 2.67. The second-order valence-corrected chi connectivity index (χ2v) is 6.68. The van der Waals surface area contributed by atoms with Gasteiger partial charge in [-0.2, -0.15) is 0 Å². The number of carbonyl (C=O) groups excluding carboxylic acids is 1. The fraction of sp³-hybridized carbons (Fsp3) is 0.444. The lowest BCUT2D eigenvalue weighted by Crippen LogP contribution is -2.46. The topological polar surface area (TPSA) is 91.4 Å². The van der Waals surface area contributed by atoms with Crippen molar-refractivity contribution >= 4 is 22.8 Å². The van der Waals surface area contributed by atoms with Crippen LogP contribution in [0.15, 0.2) is 30.5 Å². The highest BCUT2D eigenvalue weighted by atomic mass is 16.5. The van der Waals surface area contributed by atoms with Gasteiger partial charge in [0.25, 0.3) is 0 Å². The van der Waals surface area contributed by atoms with Crippen LogP contribution in [-0.2, 0) is 20.7 Å². The number of rotatable bonds is 5. The molecule has 2 bridgehead atoms. The number of carboxylic acid groups (broad SMARTS) is 1. The van der Waals surface area contributed by atoms with Gasteiger partial charge in [0.05, 0.1) is 18.1 Å². The van der Waals surface area contributed by atoms with E-state index >= 15 is 0 Å². The molecule has 2 saturated heterocycles. The molecule has 2 aliphatic heterocycles. The number of aromatic nitrogens is 1. The zero-order valence-electron chi connectivity index (χ0n) is 13.2. The van der Waals surface area contributed by atoms with Crippen molar-refractivity contribution < 1.29 is 19.4 Å². The molecule has 3 N–H and O–H groups in total. The van der Waals surface area contributed by atoms with Crippen LogP contribution in [0.3, 0.4) is 0 Å². The first-order valence-corrected chi connectivity index (χ1v) is 8.35. The standard InChI is InChI=1S/C18H20N2O4/c21-17(13-8-11-5-6-16(13)24-11)20-15(18(22)23)7-10-9-19-14-4-2-1-3-12(10)14/h1-4,9,11,13,15-16,19H,5-8H2,(H,20,21)(H,22,23). The van der Waals surface area contributed by atoms with Crippen LogP contribution in [0.4, 0.5) is 0 Å². The molecule has 4 unspecified atom stereocenters. The van der Waals surface area contributed by atoms with Crippen LogP contribution in [0.1, 0.15) is 24.8 Å². The lowest BCUT2D eigenvalue weighted by atomic mass is 9.88. The number of benzene rings is 1. The molecule has 3 heterocycles. The monoisotopic (exact) mass is 328 g/mol. The fourth-order valence-electron chi connectivity index (χ4n) is 3.91. The number of aromatic amines is 1. The molecule has 4 rings (SSSR count). The van der Waals surface area contributed by atoms with Crippen molar-refractivity contribution in [3.05, 3.63) is 36.0 Å². The number of amides is 1. The first kappa shape index (κ1) is 15.2. The summed E-state index contributed by atoms with van der Waals surface area (Å²) in [6.07, 6.45) is 4.80. The zero-order chi connectivity index (χ0) is 16.7. The number of nitrogens with one attached hydrogen (secondary N) is 2. The molecule has 24 heavy (non-hydrogen) atoms. The molecule has 6 nitrogen and oxygen atoms in total. The van der Waals surface area contributed by atoms with E-state index in [0.717, 1.165) is 29.3 Å². The molecule has 1 amide bonds. The SMILES string of the molecule is O=C(O)C(Cc1c[nH]c2ccccc12)NC(=O)C1CC2CCC1O2. The van der Waals surface area contributed by atoms with Gasteiger partial charge >= 0.3 is 5.97 Å². The first-order valence-electron chi connectivity index (χ1n) is 8.35. The van der Waals surface area contributed by atoms with Crippen molar-refractivity contribution in [2.45, 2.75) is 43.9 Å². The molecular weight excluding hydrogens is 308 g/mol.